The molecule has 2 aromatic rings. The van der Waals surface area contributed by atoms with E-state index < -0.39 is 0 Å². The van der Waals surface area contributed by atoms with Crippen LogP contribution in [0.1, 0.15) is 47.2 Å². The van der Waals surface area contributed by atoms with E-state index in [9.17, 15) is 4.79 Å². The van der Waals surface area contributed by atoms with Crippen molar-refractivity contribution < 1.29 is 9.32 Å². The second-order valence-corrected chi connectivity index (χ2v) is 7.36. The molecule has 1 atom stereocenters. The van der Waals surface area contributed by atoms with Crippen molar-refractivity contribution in [1.29, 1.82) is 0 Å². The number of likely N-dealkylation sites (tertiary alicyclic amines) is 1. The highest BCUT2D eigenvalue weighted by Gasteiger charge is 2.24. The Balaban J connectivity index is 1.53. The molecule has 1 saturated heterocycles. The van der Waals surface area contributed by atoms with Crippen molar-refractivity contribution in [2.75, 3.05) is 19.6 Å². The van der Waals surface area contributed by atoms with Gasteiger partial charge in [-0.15, -0.1) is 11.3 Å². The summed E-state index contributed by atoms with van der Waals surface area (Å²) in [5, 5.41) is 9.18. The van der Waals surface area contributed by atoms with Gasteiger partial charge in [0.05, 0.1) is 11.7 Å². The summed E-state index contributed by atoms with van der Waals surface area (Å²) in [7, 11) is 0. The number of nitrogens with one attached hydrogen (secondary N) is 1. The van der Waals surface area contributed by atoms with Crippen molar-refractivity contribution >= 4 is 17.2 Å². The first-order chi connectivity index (χ1) is 11.6. The van der Waals surface area contributed by atoms with Crippen molar-refractivity contribution in [2.24, 2.45) is 0 Å². The molecule has 1 N–H and O–H groups in total. The van der Waals surface area contributed by atoms with Gasteiger partial charge in [0, 0.05) is 23.4 Å². The molecule has 130 valence electrons. The third-order valence-electron chi connectivity index (χ3n) is 4.73. The zero-order chi connectivity index (χ0) is 16.9. The Labute approximate surface area is 147 Å². The number of hydrogen-bond donors (Lipinski definition) is 1. The highest BCUT2D eigenvalue weighted by atomic mass is 32.1. The average molecular weight is 347 g/mol. The first kappa shape index (κ1) is 17.2. The largest absolute Gasteiger partial charge is 0.361 e. The van der Waals surface area contributed by atoms with Gasteiger partial charge < -0.3 is 9.84 Å². The molecular weight excluding hydrogens is 322 g/mol. The summed E-state index contributed by atoms with van der Waals surface area (Å²) in [6, 6.07) is 4.56. The van der Waals surface area contributed by atoms with Crippen LogP contribution in [0.2, 0.25) is 0 Å². The number of rotatable bonds is 7. The lowest BCUT2D eigenvalue weighted by molar-refractivity contribution is -0.121. The molecule has 0 radical (unpaired) electrons. The third-order valence-corrected chi connectivity index (χ3v) is 5.70. The molecule has 0 unspecified atom stereocenters. The monoisotopic (exact) mass is 347 g/mol. The molecule has 1 aliphatic heterocycles. The number of aromatic nitrogens is 1. The quantitative estimate of drug-likeness (QED) is 0.835. The molecule has 24 heavy (non-hydrogen) atoms. The second-order valence-electron chi connectivity index (χ2n) is 6.38. The summed E-state index contributed by atoms with van der Waals surface area (Å²) in [5.74, 6) is 0.907. The van der Waals surface area contributed by atoms with Crippen molar-refractivity contribution in [3.63, 3.8) is 0 Å². The minimum absolute atomic E-state index is 0.0933. The summed E-state index contributed by atoms with van der Waals surface area (Å²) >= 11 is 1.77. The van der Waals surface area contributed by atoms with Crippen LogP contribution >= 0.6 is 11.3 Å². The Morgan fingerprint density at radius 3 is 2.83 bits per heavy atom. The zero-order valence-electron chi connectivity index (χ0n) is 14.4. The van der Waals surface area contributed by atoms with Crippen LogP contribution in [0.3, 0.4) is 0 Å². The van der Waals surface area contributed by atoms with E-state index in [4.69, 9.17) is 4.52 Å². The predicted octanol–water partition coefficient (Wildman–Crippen LogP) is 3.24. The minimum atomic E-state index is 0.0933. The Morgan fingerprint density at radius 2 is 2.21 bits per heavy atom. The Morgan fingerprint density at radius 1 is 1.42 bits per heavy atom. The summed E-state index contributed by atoms with van der Waals surface area (Å²) in [6.07, 6.45) is 3.66. The number of amides is 1. The molecule has 6 heteroatoms. The summed E-state index contributed by atoms with van der Waals surface area (Å²) < 4.78 is 5.16. The van der Waals surface area contributed by atoms with Gasteiger partial charge in [-0.25, -0.2) is 0 Å². The van der Waals surface area contributed by atoms with Gasteiger partial charge in [-0.1, -0.05) is 11.2 Å². The Kier molecular flexibility index (Phi) is 5.68. The number of carbonyl (C=O) groups excluding carboxylic acids is 1. The van der Waals surface area contributed by atoms with Gasteiger partial charge in [0.25, 0.3) is 0 Å². The van der Waals surface area contributed by atoms with Crippen LogP contribution in [0.15, 0.2) is 22.0 Å². The normalized spacial score (nSPS) is 16.4. The second kappa shape index (κ2) is 7.94. The number of nitrogens with zero attached hydrogens (tertiary/aromatic N) is 2. The van der Waals surface area contributed by atoms with Crippen molar-refractivity contribution in [3.05, 3.63) is 39.4 Å². The molecule has 0 saturated carbocycles. The van der Waals surface area contributed by atoms with Gasteiger partial charge in [0.1, 0.15) is 5.76 Å². The summed E-state index contributed by atoms with van der Waals surface area (Å²) in [5.41, 5.74) is 1.94. The first-order valence-electron chi connectivity index (χ1n) is 8.61. The van der Waals surface area contributed by atoms with E-state index in [0.29, 0.717) is 25.4 Å². The fourth-order valence-electron chi connectivity index (χ4n) is 3.34. The maximum Gasteiger partial charge on any atom is 0.220 e. The fraction of sp³-hybridized carbons (Fsp3) is 0.556. The van der Waals surface area contributed by atoms with Crippen LogP contribution in [0.25, 0.3) is 0 Å². The van der Waals surface area contributed by atoms with Gasteiger partial charge in [0.2, 0.25) is 5.91 Å². The van der Waals surface area contributed by atoms with E-state index in [1.165, 1.54) is 17.7 Å². The first-order valence-corrected chi connectivity index (χ1v) is 9.49. The topological polar surface area (TPSA) is 58.4 Å². The molecule has 0 aromatic carbocycles. The molecule has 2 aromatic heterocycles. The predicted molar refractivity (Wildman–Crippen MR) is 95.2 cm³/mol. The van der Waals surface area contributed by atoms with E-state index in [2.05, 4.69) is 32.9 Å². The fourth-order valence-corrected chi connectivity index (χ4v) is 4.20. The van der Waals surface area contributed by atoms with Crippen LogP contribution in [-0.2, 0) is 11.2 Å². The Hall–Kier alpha value is -1.66. The van der Waals surface area contributed by atoms with Gasteiger partial charge in [-0.3, -0.25) is 9.69 Å². The van der Waals surface area contributed by atoms with Crippen LogP contribution in [0.4, 0.5) is 0 Å². The molecular formula is C18H25N3O2S. The molecule has 0 bridgehead atoms. The lowest BCUT2D eigenvalue weighted by Crippen LogP contribution is -2.36. The Bertz CT molecular complexity index is 640. The highest BCUT2D eigenvalue weighted by molar-refractivity contribution is 7.10. The standard InChI is InChI=1S/C18H25N3O2S/c1-13-15(14(2)23-20-13)7-8-18(22)19-12-16(17-6-5-11-24-17)21-9-3-4-10-21/h5-6,11,16H,3-4,7-10,12H2,1-2H3,(H,19,22)/t16-/m0/s1. The van der Waals surface area contributed by atoms with E-state index in [0.717, 1.165) is 30.1 Å². The molecule has 0 spiro atoms. The molecule has 1 aliphatic rings. The number of hydrogen-bond acceptors (Lipinski definition) is 5. The lowest BCUT2D eigenvalue weighted by atomic mass is 10.1. The lowest BCUT2D eigenvalue weighted by Gasteiger charge is -2.26. The van der Waals surface area contributed by atoms with E-state index in [-0.39, 0.29) is 5.91 Å². The molecule has 5 nitrogen and oxygen atoms in total. The zero-order valence-corrected chi connectivity index (χ0v) is 15.2. The molecule has 1 fully saturated rings. The molecule has 3 rings (SSSR count). The van der Waals surface area contributed by atoms with Crippen LogP contribution in [0, 0.1) is 13.8 Å². The molecule has 3 heterocycles. The van der Waals surface area contributed by atoms with Crippen LogP contribution in [-0.4, -0.2) is 35.6 Å². The maximum absolute atomic E-state index is 12.3. The molecule has 0 aliphatic carbocycles. The van der Waals surface area contributed by atoms with Crippen molar-refractivity contribution in [2.45, 2.75) is 45.6 Å². The summed E-state index contributed by atoms with van der Waals surface area (Å²) in [4.78, 5) is 16.1. The van der Waals surface area contributed by atoms with E-state index in [1.54, 1.807) is 11.3 Å². The third kappa shape index (κ3) is 4.05. The van der Waals surface area contributed by atoms with Gasteiger partial charge in [-0.2, -0.15) is 0 Å². The highest BCUT2D eigenvalue weighted by Crippen LogP contribution is 2.27. The van der Waals surface area contributed by atoms with Crippen molar-refractivity contribution in [3.8, 4) is 0 Å². The SMILES string of the molecule is Cc1noc(C)c1CCC(=O)NC[C@@H](c1cccs1)N1CCCC1. The van der Waals surface area contributed by atoms with Gasteiger partial charge in [0.15, 0.2) is 0 Å². The van der Waals surface area contributed by atoms with E-state index >= 15 is 0 Å². The van der Waals surface area contributed by atoms with Gasteiger partial charge in [-0.05, 0) is 57.6 Å². The van der Waals surface area contributed by atoms with Crippen LogP contribution in [0.5, 0.6) is 0 Å². The minimum Gasteiger partial charge on any atom is -0.361 e. The van der Waals surface area contributed by atoms with Crippen LogP contribution < -0.4 is 5.32 Å². The number of thiophene rings is 1. The molecule has 1 amide bonds. The van der Waals surface area contributed by atoms with Gasteiger partial charge >= 0.3 is 0 Å². The average Bonchev–Trinajstić information content (AvgIpc) is 3.31. The van der Waals surface area contributed by atoms with Crippen molar-refractivity contribution in [1.82, 2.24) is 15.4 Å². The smallest absolute Gasteiger partial charge is 0.220 e. The summed E-state index contributed by atoms with van der Waals surface area (Å²) in [6.45, 7) is 6.74. The van der Waals surface area contributed by atoms with E-state index in [1.807, 2.05) is 13.8 Å². The number of aryl methyl sites for hydroxylation is 2. The maximum atomic E-state index is 12.3. The number of carbonyl (C=O) groups is 1.